The normalized spacial score (nSPS) is 8.42. The van der Waals surface area contributed by atoms with E-state index in [2.05, 4.69) is 0 Å². The van der Waals surface area contributed by atoms with E-state index in [1.54, 1.807) is 18.2 Å². The van der Waals surface area contributed by atoms with E-state index in [1.807, 2.05) is 6.07 Å². The average Bonchev–Trinajstić information content (AvgIpc) is 1.84. The number of benzene rings is 1. The van der Waals surface area contributed by atoms with Crippen LogP contribution in [-0.2, 0) is 0 Å². The molecule has 1 rings (SSSR count). The SMILES string of the molecule is Clc1cccc(Cl)c1.[Cl][Al]([Cl])[Cl]. The molecule has 0 radical (unpaired) electrons. The molecule has 1 aromatic carbocycles. The molecule has 0 aliphatic carbocycles. The van der Waals surface area contributed by atoms with Crippen molar-refractivity contribution in [1.82, 2.24) is 0 Å². The Kier molecular flexibility index (Phi) is 8.35. The Morgan fingerprint density at radius 2 is 1.25 bits per heavy atom. The van der Waals surface area contributed by atoms with Crippen molar-refractivity contribution >= 4 is 64.7 Å². The first kappa shape index (κ1) is 13.2. The molecule has 0 nitrogen and oxygen atoms in total. The van der Waals surface area contributed by atoms with Crippen molar-refractivity contribution in [2.24, 2.45) is 0 Å². The van der Waals surface area contributed by atoms with Crippen LogP contribution in [0.25, 0.3) is 0 Å². The van der Waals surface area contributed by atoms with Crippen LogP contribution in [0.15, 0.2) is 24.3 Å². The second-order valence-electron chi connectivity index (χ2n) is 1.69. The Labute approximate surface area is 98.3 Å². The van der Waals surface area contributed by atoms with Gasteiger partial charge in [-0.3, -0.25) is 0 Å². The van der Waals surface area contributed by atoms with Crippen molar-refractivity contribution in [1.29, 1.82) is 0 Å². The van der Waals surface area contributed by atoms with Crippen LogP contribution in [0.1, 0.15) is 0 Å². The van der Waals surface area contributed by atoms with Gasteiger partial charge in [0.25, 0.3) is 0 Å². The molecule has 0 heterocycles. The molecule has 0 bridgehead atoms. The third kappa shape index (κ3) is 9.29. The predicted molar refractivity (Wildman–Crippen MR) is 59.8 cm³/mol. The van der Waals surface area contributed by atoms with Crippen LogP contribution in [-0.4, -0.2) is 11.4 Å². The van der Waals surface area contributed by atoms with Crippen LogP contribution >= 0.6 is 53.3 Å². The molecular weight excluding hydrogens is 276 g/mol. The van der Waals surface area contributed by atoms with E-state index in [0.29, 0.717) is 10.0 Å². The van der Waals surface area contributed by atoms with E-state index in [-0.39, 0.29) is 0 Å². The first-order chi connectivity index (χ1) is 5.52. The first-order valence-corrected chi connectivity index (χ1v) is 8.85. The lowest BCUT2D eigenvalue weighted by Gasteiger charge is -1.86. The van der Waals surface area contributed by atoms with Gasteiger partial charge in [0, 0.05) is 10.0 Å². The van der Waals surface area contributed by atoms with Gasteiger partial charge in [-0.15, -0.1) is 0 Å². The largest absolute Gasteiger partial charge is 0.643 e. The van der Waals surface area contributed by atoms with Gasteiger partial charge >= 0.3 is 11.4 Å². The topological polar surface area (TPSA) is 0 Å². The summed E-state index contributed by atoms with van der Waals surface area (Å²) < 4.78 is 0. The summed E-state index contributed by atoms with van der Waals surface area (Å²) in [5, 5.41) is 1.36. The van der Waals surface area contributed by atoms with Gasteiger partial charge in [0.2, 0.25) is 0 Å². The zero-order chi connectivity index (χ0) is 9.56. The fourth-order valence-corrected chi connectivity index (χ4v) is 0.896. The van der Waals surface area contributed by atoms with E-state index >= 15 is 0 Å². The van der Waals surface area contributed by atoms with Crippen LogP contribution in [0.3, 0.4) is 0 Å². The fraction of sp³-hybridized carbons (Fsp3) is 0. The summed E-state index contributed by atoms with van der Waals surface area (Å²) in [7, 11) is 14.8. The molecule has 0 atom stereocenters. The molecular formula is C6H4AlCl5. The average molecular weight is 280 g/mol. The lowest BCUT2D eigenvalue weighted by Crippen LogP contribution is -1.66. The molecule has 0 saturated heterocycles. The summed E-state index contributed by atoms with van der Waals surface area (Å²) in [6.45, 7) is 0. The van der Waals surface area contributed by atoms with E-state index in [1.165, 1.54) is 0 Å². The molecule has 0 aromatic heterocycles. The highest BCUT2D eigenvalue weighted by Crippen LogP contribution is 2.13. The van der Waals surface area contributed by atoms with Crippen molar-refractivity contribution in [2.45, 2.75) is 0 Å². The minimum atomic E-state index is -1.72. The van der Waals surface area contributed by atoms with Crippen LogP contribution < -0.4 is 0 Å². The van der Waals surface area contributed by atoms with Crippen molar-refractivity contribution in [2.75, 3.05) is 0 Å². The minimum Gasteiger partial charge on any atom is -0.214 e. The highest BCUT2D eigenvalue weighted by Gasteiger charge is 2.00. The zero-order valence-electron chi connectivity index (χ0n) is 5.78. The highest BCUT2D eigenvalue weighted by atomic mass is 35.8. The summed E-state index contributed by atoms with van der Waals surface area (Å²) in [5.74, 6) is 0. The van der Waals surface area contributed by atoms with Crippen LogP contribution in [0.2, 0.25) is 10.0 Å². The minimum absolute atomic E-state index is 0.678. The first-order valence-electron chi connectivity index (χ1n) is 2.85. The van der Waals surface area contributed by atoms with Gasteiger partial charge in [-0.05, 0) is 18.2 Å². The zero-order valence-corrected chi connectivity index (χ0v) is 10.7. The lowest BCUT2D eigenvalue weighted by atomic mass is 10.4. The maximum absolute atomic E-state index is 5.56. The molecule has 0 aliphatic rings. The quantitative estimate of drug-likeness (QED) is 0.605. The van der Waals surface area contributed by atoms with Gasteiger partial charge in [-0.1, -0.05) is 29.3 Å². The van der Waals surface area contributed by atoms with Gasteiger partial charge in [-0.2, -0.15) is 0 Å². The summed E-state index contributed by atoms with van der Waals surface area (Å²) in [6.07, 6.45) is 0. The number of halogens is 5. The maximum atomic E-state index is 5.56. The molecule has 0 amide bonds. The van der Waals surface area contributed by atoms with Crippen LogP contribution in [0, 0.1) is 0 Å². The Morgan fingerprint density at radius 1 is 0.917 bits per heavy atom. The van der Waals surface area contributed by atoms with Gasteiger partial charge < -0.3 is 0 Å². The van der Waals surface area contributed by atoms with Crippen molar-refractivity contribution < 1.29 is 0 Å². The summed E-state index contributed by atoms with van der Waals surface area (Å²) in [5.41, 5.74) is 0. The monoisotopic (exact) mass is 278 g/mol. The van der Waals surface area contributed by atoms with E-state index in [0.717, 1.165) is 0 Å². The summed E-state index contributed by atoms with van der Waals surface area (Å²) in [4.78, 5) is 0. The third-order valence-electron chi connectivity index (χ3n) is 0.787. The van der Waals surface area contributed by atoms with Gasteiger partial charge in [-0.25, -0.2) is 30.1 Å². The Morgan fingerprint density at radius 3 is 1.42 bits per heavy atom. The van der Waals surface area contributed by atoms with Crippen LogP contribution in [0.5, 0.6) is 0 Å². The molecule has 0 N–H and O–H groups in total. The van der Waals surface area contributed by atoms with Gasteiger partial charge in [0.15, 0.2) is 0 Å². The third-order valence-corrected chi connectivity index (χ3v) is 1.26. The smallest absolute Gasteiger partial charge is 0.214 e. The molecule has 0 aliphatic heterocycles. The second-order valence-corrected chi connectivity index (χ2v) is 8.99. The van der Waals surface area contributed by atoms with Crippen molar-refractivity contribution in [3.05, 3.63) is 34.3 Å². The second kappa shape index (κ2) is 7.59. The lowest BCUT2D eigenvalue weighted by molar-refractivity contribution is 1.71. The molecule has 1 aromatic rings. The molecule has 0 saturated carbocycles. The predicted octanol–water partition coefficient (Wildman–Crippen LogP) is 4.68. The molecule has 66 valence electrons. The summed E-state index contributed by atoms with van der Waals surface area (Å²) >= 11 is 9.40. The summed E-state index contributed by atoms with van der Waals surface area (Å²) in [6, 6.07) is 7.08. The maximum Gasteiger partial charge on any atom is 0.643 e. The standard InChI is InChI=1S/C6H4Cl2.Al.3ClH/c7-5-2-1-3-6(8)4-5;;;;/h1-4H;;3*1H/q;+3;;;/p-3. The molecule has 12 heavy (non-hydrogen) atoms. The molecule has 6 heteroatoms. The van der Waals surface area contributed by atoms with E-state index in [4.69, 9.17) is 53.3 Å². The van der Waals surface area contributed by atoms with Crippen LogP contribution in [0.4, 0.5) is 0 Å². The Balaban J connectivity index is 0.000000261. The molecule has 0 unspecified atom stereocenters. The van der Waals surface area contributed by atoms with Gasteiger partial charge in [0.1, 0.15) is 0 Å². The Bertz CT molecular complexity index is 207. The molecule has 0 fully saturated rings. The number of hydrogen-bond donors (Lipinski definition) is 0. The fourth-order valence-electron chi connectivity index (χ4n) is 0.460. The van der Waals surface area contributed by atoms with Crippen molar-refractivity contribution in [3.8, 4) is 0 Å². The van der Waals surface area contributed by atoms with Crippen molar-refractivity contribution in [3.63, 3.8) is 0 Å². The van der Waals surface area contributed by atoms with Gasteiger partial charge in [0.05, 0.1) is 0 Å². The highest BCUT2D eigenvalue weighted by molar-refractivity contribution is 7.54. The van der Waals surface area contributed by atoms with E-state index < -0.39 is 11.4 Å². The Hall–Kier alpha value is 1.20. The van der Waals surface area contributed by atoms with E-state index in [9.17, 15) is 0 Å². The number of rotatable bonds is 0. The number of hydrogen-bond acceptors (Lipinski definition) is 0. The molecule has 0 spiro atoms.